The van der Waals surface area contributed by atoms with Crippen LogP contribution in [0.3, 0.4) is 0 Å². The van der Waals surface area contributed by atoms with Crippen LogP contribution in [0.4, 0.5) is 0 Å². The van der Waals surface area contributed by atoms with Gasteiger partial charge in [-0.2, -0.15) is 0 Å². The third-order valence-electron chi connectivity index (χ3n) is 3.23. The predicted octanol–water partition coefficient (Wildman–Crippen LogP) is 3.69. The van der Waals surface area contributed by atoms with Crippen molar-refractivity contribution in [3.8, 4) is 0 Å². The van der Waals surface area contributed by atoms with Crippen molar-refractivity contribution in [3.05, 3.63) is 0 Å². The SMILES string of the molecule is CCOC(=O)C1CCCCCCCCC1. The van der Waals surface area contributed by atoms with Gasteiger partial charge in [0.15, 0.2) is 0 Å². The first-order valence-corrected chi connectivity index (χ1v) is 6.51. The summed E-state index contributed by atoms with van der Waals surface area (Å²) < 4.78 is 5.11. The van der Waals surface area contributed by atoms with E-state index in [1.54, 1.807) is 0 Å². The zero-order chi connectivity index (χ0) is 10.9. The largest absolute Gasteiger partial charge is 0.466 e. The second-order valence-electron chi connectivity index (χ2n) is 4.50. The minimum absolute atomic E-state index is 0.0399. The number of ether oxygens (including phenoxy) is 1. The van der Waals surface area contributed by atoms with Gasteiger partial charge in [-0.25, -0.2) is 0 Å². The number of rotatable bonds is 2. The van der Waals surface area contributed by atoms with E-state index in [0.29, 0.717) is 6.61 Å². The van der Waals surface area contributed by atoms with Gasteiger partial charge in [-0.3, -0.25) is 4.79 Å². The molecule has 2 heteroatoms. The smallest absolute Gasteiger partial charge is 0.308 e. The number of hydrogen-bond acceptors (Lipinski definition) is 2. The predicted molar refractivity (Wildman–Crippen MR) is 61.7 cm³/mol. The molecule has 0 aromatic heterocycles. The minimum Gasteiger partial charge on any atom is -0.466 e. The van der Waals surface area contributed by atoms with E-state index < -0.39 is 0 Å². The molecule has 0 aromatic rings. The average molecular weight is 212 g/mol. The molecular formula is C13H24O2. The van der Waals surface area contributed by atoms with Gasteiger partial charge >= 0.3 is 5.97 Å². The van der Waals surface area contributed by atoms with E-state index in [-0.39, 0.29) is 11.9 Å². The second-order valence-corrected chi connectivity index (χ2v) is 4.50. The van der Waals surface area contributed by atoms with Gasteiger partial charge in [-0.15, -0.1) is 0 Å². The van der Waals surface area contributed by atoms with Crippen LogP contribution in [-0.2, 0) is 9.53 Å². The fourth-order valence-electron chi connectivity index (χ4n) is 2.31. The maximum absolute atomic E-state index is 11.6. The Morgan fingerprint density at radius 1 is 1.00 bits per heavy atom. The lowest BCUT2D eigenvalue weighted by atomic mass is 9.92. The van der Waals surface area contributed by atoms with Crippen LogP contribution in [0.2, 0.25) is 0 Å². The van der Waals surface area contributed by atoms with Crippen molar-refractivity contribution in [1.29, 1.82) is 0 Å². The molecule has 0 radical (unpaired) electrons. The van der Waals surface area contributed by atoms with E-state index in [0.717, 1.165) is 12.8 Å². The summed E-state index contributed by atoms with van der Waals surface area (Å²) in [6.45, 7) is 2.41. The molecule has 0 heterocycles. The molecule has 0 atom stereocenters. The summed E-state index contributed by atoms with van der Waals surface area (Å²) in [4.78, 5) is 11.6. The second kappa shape index (κ2) is 7.72. The normalized spacial score (nSPS) is 20.9. The molecule has 1 fully saturated rings. The monoisotopic (exact) mass is 212 g/mol. The molecule has 1 saturated carbocycles. The van der Waals surface area contributed by atoms with E-state index in [1.807, 2.05) is 6.92 Å². The van der Waals surface area contributed by atoms with Gasteiger partial charge in [0, 0.05) is 0 Å². The molecule has 2 nitrogen and oxygen atoms in total. The Bertz CT molecular complexity index is 167. The Labute approximate surface area is 93.4 Å². The fraction of sp³-hybridized carbons (Fsp3) is 0.923. The molecule has 1 rings (SSSR count). The van der Waals surface area contributed by atoms with Gasteiger partial charge < -0.3 is 4.74 Å². The molecule has 0 N–H and O–H groups in total. The summed E-state index contributed by atoms with van der Waals surface area (Å²) in [5.74, 6) is 0.223. The summed E-state index contributed by atoms with van der Waals surface area (Å²) in [6, 6.07) is 0. The van der Waals surface area contributed by atoms with Crippen molar-refractivity contribution in [3.63, 3.8) is 0 Å². The lowest BCUT2D eigenvalue weighted by Gasteiger charge is -2.16. The van der Waals surface area contributed by atoms with Crippen LogP contribution in [0.25, 0.3) is 0 Å². The Kier molecular flexibility index (Phi) is 6.45. The number of carbonyl (C=O) groups is 1. The first kappa shape index (κ1) is 12.5. The molecule has 0 bridgehead atoms. The third kappa shape index (κ3) is 5.19. The molecule has 15 heavy (non-hydrogen) atoms. The maximum atomic E-state index is 11.6. The van der Waals surface area contributed by atoms with E-state index in [1.165, 1.54) is 44.9 Å². The topological polar surface area (TPSA) is 26.3 Å². The standard InChI is InChI=1S/C13H24O2/c1-2-15-13(14)12-10-8-6-4-3-5-7-9-11-12/h12H,2-11H2,1H3. The van der Waals surface area contributed by atoms with Crippen LogP contribution in [0.5, 0.6) is 0 Å². The minimum atomic E-state index is 0.0399. The van der Waals surface area contributed by atoms with E-state index in [4.69, 9.17) is 4.74 Å². The highest BCUT2D eigenvalue weighted by atomic mass is 16.5. The molecular weight excluding hydrogens is 188 g/mol. The van der Waals surface area contributed by atoms with Gasteiger partial charge in [0.1, 0.15) is 0 Å². The molecule has 1 aliphatic rings. The van der Waals surface area contributed by atoms with Crippen molar-refractivity contribution in [1.82, 2.24) is 0 Å². The van der Waals surface area contributed by atoms with Gasteiger partial charge in [0.05, 0.1) is 12.5 Å². The Morgan fingerprint density at radius 3 is 1.93 bits per heavy atom. The zero-order valence-electron chi connectivity index (χ0n) is 9.96. The van der Waals surface area contributed by atoms with Crippen LogP contribution < -0.4 is 0 Å². The van der Waals surface area contributed by atoms with E-state index >= 15 is 0 Å². The third-order valence-corrected chi connectivity index (χ3v) is 3.23. The summed E-state index contributed by atoms with van der Waals surface area (Å²) >= 11 is 0. The van der Waals surface area contributed by atoms with Crippen molar-refractivity contribution in [2.45, 2.75) is 64.7 Å². The summed E-state index contributed by atoms with van der Waals surface area (Å²) in [7, 11) is 0. The first-order chi connectivity index (χ1) is 7.34. The first-order valence-electron chi connectivity index (χ1n) is 6.51. The van der Waals surface area contributed by atoms with Gasteiger partial charge in [0.25, 0.3) is 0 Å². The Balaban J connectivity index is 2.34. The molecule has 1 aliphatic carbocycles. The van der Waals surface area contributed by atoms with Crippen molar-refractivity contribution < 1.29 is 9.53 Å². The fourth-order valence-corrected chi connectivity index (χ4v) is 2.31. The van der Waals surface area contributed by atoms with Gasteiger partial charge in [0.2, 0.25) is 0 Å². The summed E-state index contributed by atoms with van der Waals surface area (Å²) in [5, 5.41) is 0. The quantitative estimate of drug-likeness (QED) is 0.652. The lowest BCUT2D eigenvalue weighted by Crippen LogP contribution is -2.18. The van der Waals surface area contributed by atoms with Gasteiger partial charge in [-0.05, 0) is 19.8 Å². The molecule has 0 amide bonds. The molecule has 0 spiro atoms. The summed E-state index contributed by atoms with van der Waals surface area (Å²) in [6.07, 6.45) is 11.1. The highest BCUT2D eigenvalue weighted by molar-refractivity contribution is 5.72. The highest BCUT2D eigenvalue weighted by Gasteiger charge is 2.19. The van der Waals surface area contributed by atoms with E-state index in [2.05, 4.69) is 0 Å². The lowest BCUT2D eigenvalue weighted by molar-refractivity contribution is -0.148. The molecule has 0 saturated heterocycles. The van der Waals surface area contributed by atoms with Crippen molar-refractivity contribution >= 4 is 5.97 Å². The molecule has 0 unspecified atom stereocenters. The van der Waals surface area contributed by atoms with Crippen LogP contribution in [-0.4, -0.2) is 12.6 Å². The summed E-state index contributed by atoms with van der Waals surface area (Å²) in [5.41, 5.74) is 0. The maximum Gasteiger partial charge on any atom is 0.308 e. The van der Waals surface area contributed by atoms with E-state index in [9.17, 15) is 4.79 Å². The van der Waals surface area contributed by atoms with Crippen molar-refractivity contribution in [2.75, 3.05) is 6.61 Å². The molecule has 0 aromatic carbocycles. The van der Waals surface area contributed by atoms with Crippen LogP contribution in [0.15, 0.2) is 0 Å². The Hall–Kier alpha value is -0.530. The molecule has 0 aliphatic heterocycles. The average Bonchev–Trinajstić information content (AvgIpc) is 2.26. The Morgan fingerprint density at radius 2 is 1.47 bits per heavy atom. The van der Waals surface area contributed by atoms with Crippen molar-refractivity contribution in [2.24, 2.45) is 5.92 Å². The van der Waals surface area contributed by atoms with Crippen LogP contribution in [0.1, 0.15) is 64.7 Å². The van der Waals surface area contributed by atoms with Crippen LogP contribution in [0, 0.1) is 5.92 Å². The zero-order valence-corrected chi connectivity index (χ0v) is 9.96. The van der Waals surface area contributed by atoms with Crippen LogP contribution >= 0.6 is 0 Å². The highest BCUT2D eigenvalue weighted by Crippen LogP contribution is 2.22. The van der Waals surface area contributed by atoms with Gasteiger partial charge in [-0.1, -0.05) is 44.9 Å². The number of carbonyl (C=O) groups excluding carboxylic acids is 1. The molecule has 88 valence electrons. The number of esters is 1. The number of hydrogen-bond donors (Lipinski definition) is 0.